The predicted molar refractivity (Wildman–Crippen MR) is 130 cm³/mol. The molecule has 2 aromatic rings. The van der Waals surface area contributed by atoms with E-state index in [0.29, 0.717) is 56.8 Å². The topological polar surface area (TPSA) is 88.7 Å². The molecule has 0 aliphatic carbocycles. The minimum Gasteiger partial charge on any atom is -0.507 e. The summed E-state index contributed by atoms with van der Waals surface area (Å²) in [5.74, 6) is 1.52. The first-order chi connectivity index (χ1) is 15.9. The summed E-state index contributed by atoms with van der Waals surface area (Å²) in [4.78, 5) is 26.5. The van der Waals surface area contributed by atoms with Crippen LogP contribution in [0.15, 0.2) is 58.5 Å². The number of aromatic hydroxyl groups is 1. The van der Waals surface area contributed by atoms with E-state index in [0.717, 1.165) is 17.1 Å². The van der Waals surface area contributed by atoms with Crippen molar-refractivity contribution in [2.45, 2.75) is 45.1 Å². The molecule has 1 fully saturated rings. The zero-order valence-electron chi connectivity index (χ0n) is 19.4. The first kappa shape index (κ1) is 23.0. The van der Waals surface area contributed by atoms with Crippen LogP contribution in [0.3, 0.4) is 0 Å². The van der Waals surface area contributed by atoms with Crippen molar-refractivity contribution >= 4 is 23.3 Å². The molecule has 2 aliphatic rings. The van der Waals surface area contributed by atoms with Gasteiger partial charge in [0.1, 0.15) is 11.6 Å². The number of carbonyl (C=O) groups is 1. The number of benzene rings is 2. The smallest absolute Gasteiger partial charge is 0.225 e. The normalized spacial score (nSPS) is 16.6. The van der Waals surface area contributed by atoms with E-state index in [4.69, 9.17) is 9.98 Å². The lowest BCUT2D eigenvalue weighted by molar-refractivity contribution is -0.138. The van der Waals surface area contributed by atoms with Crippen LogP contribution >= 0.6 is 0 Å². The highest BCUT2D eigenvalue weighted by Gasteiger charge is 2.31. The molecule has 2 heterocycles. The summed E-state index contributed by atoms with van der Waals surface area (Å²) in [6, 6.07) is 15.1. The number of aliphatic imine (C=N–C) groups is 2. The van der Waals surface area contributed by atoms with Crippen molar-refractivity contribution in [1.82, 2.24) is 9.80 Å². The Labute approximate surface area is 195 Å². The lowest BCUT2D eigenvalue weighted by Gasteiger charge is -2.38. The van der Waals surface area contributed by atoms with Gasteiger partial charge in [-0.1, -0.05) is 44.2 Å². The molecule has 7 nitrogen and oxygen atoms in total. The number of carbonyl (C=O) groups excluding carboxylic acids is 1. The van der Waals surface area contributed by atoms with Crippen LogP contribution in [0, 0.1) is 0 Å². The van der Waals surface area contributed by atoms with Gasteiger partial charge in [-0.3, -0.25) is 4.79 Å². The molecule has 0 bridgehead atoms. The molecule has 174 valence electrons. The van der Waals surface area contributed by atoms with Crippen LogP contribution in [0.5, 0.6) is 5.75 Å². The summed E-state index contributed by atoms with van der Waals surface area (Å²) >= 11 is 0. The van der Waals surface area contributed by atoms with Gasteiger partial charge in [0, 0.05) is 32.6 Å². The molecule has 0 atom stereocenters. The van der Waals surface area contributed by atoms with Gasteiger partial charge in [-0.05, 0) is 36.6 Å². The first-order valence-electron chi connectivity index (χ1n) is 11.7. The predicted octanol–water partition coefficient (Wildman–Crippen LogP) is 3.51. The van der Waals surface area contributed by atoms with Gasteiger partial charge in [0.2, 0.25) is 5.91 Å². The largest absolute Gasteiger partial charge is 0.507 e. The van der Waals surface area contributed by atoms with Gasteiger partial charge in [-0.15, -0.1) is 0 Å². The van der Waals surface area contributed by atoms with Crippen molar-refractivity contribution in [1.29, 1.82) is 0 Å². The van der Waals surface area contributed by atoms with Crippen molar-refractivity contribution in [2.75, 3.05) is 26.2 Å². The van der Waals surface area contributed by atoms with E-state index in [1.54, 1.807) is 12.1 Å². The Bertz CT molecular complexity index is 1070. The average Bonchev–Trinajstić information content (AvgIpc) is 3.04. The molecule has 0 aromatic heterocycles. The van der Waals surface area contributed by atoms with E-state index in [2.05, 4.69) is 11.0 Å². The number of nitrogens with zero attached hydrogens (tertiary/aromatic N) is 4. The Morgan fingerprint density at radius 3 is 2.33 bits per heavy atom. The number of fused-ring (bicyclic) bond motifs is 1. The van der Waals surface area contributed by atoms with Gasteiger partial charge < -0.3 is 20.0 Å². The van der Waals surface area contributed by atoms with Crippen molar-refractivity contribution in [2.24, 2.45) is 9.98 Å². The molecule has 7 heteroatoms. The van der Waals surface area contributed by atoms with Gasteiger partial charge in [0.05, 0.1) is 23.3 Å². The molecule has 1 saturated heterocycles. The number of amides is 1. The highest BCUT2D eigenvalue weighted by atomic mass is 16.3. The molecule has 1 amide bonds. The summed E-state index contributed by atoms with van der Waals surface area (Å²) in [7, 11) is 0. The standard InChI is InChI=1S/C26H32N4O3/c1-3-26(33,4-2)18-24(32)30-15-13-29(14-16-30)23-17-19-9-5-7-11-21(19)27-25(28-23)20-10-6-8-12-22(20)31/h5-12,31,33H,3-4,13-18H2,1-2H3. The molecule has 2 N–H and O–H groups in total. The Balaban J connectivity index is 1.54. The van der Waals surface area contributed by atoms with E-state index in [9.17, 15) is 15.0 Å². The Kier molecular flexibility index (Phi) is 6.79. The number of hydrogen-bond donors (Lipinski definition) is 2. The van der Waals surface area contributed by atoms with Crippen LogP contribution < -0.4 is 0 Å². The monoisotopic (exact) mass is 448 g/mol. The second-order valence-corrected chi connectivity index (χ2v) is 8.76. The SMILES string of the molecule is CCC(O)(CC)CC(=O)N1CCN(C2=NC(c3ccccc3O)=Nc3ccccc3C2)CC1. The molecular formula is C26H32N4O3. The third kappa shape index (κ3) is 5.09. The molecule has 33 heavy (non-hydrogen) atoms. The van der Waals surface area contributed by atoms with Crippen LogP contribution in [0.4, 0.5) is 5.69 Å². The summed E-state index contributed by atoms with van der Waals surface area (Å²) in [5, 5.41) is 21.0. The zero-order chi connectivity index (χ0) is 23.4. The van der Waals surface area contributed by atoms with Gasteiger partial charge in [0.25, 0.3) is 0 Å². The number of rotatable bonds is 5. The Morgan fingerprint density at radius 2 is 1.64 bits per heavy atom. The molecule has 0 radical (unpaired) electrons. The van der Waals surface area contributed by atoms with Crippen LogP contribution in [-0.4, -0.2) is 69.4 Å². The first-order valence-corrected chi connectivity index (χ1v) is 11.7. The number of para-hydroxylation sites is 2. The lowest BCUT2D eigenvalue weighted by Crippen LogP contribution is -2.52. The van der Waals surface area contributed by atoms with Crippen molar-refractivity contribution in [3.63, 3.8) is 0 Å². The highest BCUT2D eigenvalue weighted by molar-refractivity contribution is 6.10. The summed E-state index contributed by atoms with van der Waals surface area (Å²) < 4.78 is 0. The van der Waals surface area contributed by atoms with E-state index in [-0.39, 0.29) is 18.1 Å². The van der Waals surface area contributed by atoms with Crippen LogP contribution in [0.1, 0.15) is 44.2 Å². The van der Waals surface area contributed by atoms with Crippen molar-refractivity contribution < 1.29 is 15.0 Å². The number of phenolic OH excluding ortho intramolecular Hbond substituents is 1. The maximum atomic E-state index is 12.8. The molecule has 0 spiro atoms. The van der Waals surface area contributed by atoms with Gasteiger partial charge in [-0.25, -0.2) is 9.98 Å². The zero-order valence-corrected chi connectivity index (χ0v) is 19.4. The third-order valence-corrected chi connectivity index (χ3v) is 6.74. The van der Waals surface area contributed by atoms with Crippen molar-refractivity contribution in [3.05, 3.63) is 59.7 Å². The van der Waals surface area contributed by atoms with E-state index in [1.165, 1.54) is 0 Å². The van der Waals surface area contributed by atoms with Crippen LogP contribution in [-0.2, 0) is 11.2 Å². The number of hydrogen-bond acceptors (Lipinski definition) is 6. The van der Waals surface area contributed by atoms with Gasteiger partial charge >= 0.3 is 0 Å². The number of phenols is 1. The lowest BCUT2D eigenvalue weighted by atomic mass is 9.93. The number of piperazine rings is 1. The fourth-order valence-electron chi connectivity index (χ4n) is 4.31. The highest BCUT2D eigenvalue weighted by Crippen LogP contribution is 2.28. The molecular weight excluding hydrogens is 416 g/mol. The van der Waals surface area contributed by atoms with Gasteiger partial charge in [0.15, 0.2) is 5.84 Å². The van der Waals surface area contributed by atoms with E-state index >= 15 is 0 Å². The fraction of sp³-hybridized carbons (Fsp3) is 0.423. The maximum absolute atomic E-state index is 12.8. The van der Waals surface area contributed by atoms with E-state index in [1.807, 2.05) is 49.1 Å². The molecule has 0 saturated carbocycles. The second kappa shape index (κ2) is 9.75. The van der Waals surface area contributed by atoms with Gasteiger partial charge in [-0.2, -0.15) is 0 Å². The molecule has 4 rings (SSSR count). The van der Waals surface area contributed by atoms with E-state index < -0.39 is 5.60 Å². The number of aliphatic hydroxyl groups is 1. The quantitative estimate of drug-likeness (QED) is 0.733. The Morgan fingerprint density at radius 1 is 0.970 bits per heavy atom. The summed E-state index contributed by atoms with van der Waals surface area (Å²) in [5.41, 5.74) is 1.60. The average molecular weight is 449 g/mol. The minimum absolute atomic E-state index is 0.00506. The fourth-order valence-corrected chi connectivity index (χ4v) is 4.31. The third-order valence-electron chi connectivity index (χ3n) is 6.74. The Hall–Kier alpha value is -3.19. The molecule has 0 unspecified atom stereocenters. The summed E-state index contributed by atoms with van der Waals surface area (Å²) in [6.07, 6.45) is 1.94. The maximum Gasteiger partial charge on any atom is 0.225 e. The molecule has 2 aromatic carbocycles. The van der Waals surface area contributed by atoms with Crippen LogP contribution in [0.25, 0.3) is 0 Å². The summed E-state index contributed by atoms with van der Waals surface area (Å²) in [6.45, 7) is 6.34. The molecule has 2 aliphatic heterocycles. The second-order valence-electron chi connectivity index (χ2n) is 8.76. The number of amidine groups is 2. The minimum atomic E-state index is -0.924. The van der Waals surface area contributed by atoms with Crippen molar-refractivity contribution in [3.8, 4) is 5.75 Å². The van der Waals surface area contributed by atoms with Crippen LogP contribution in [0.2, 0.25) is 0 Å².